The molecule has 0 saturated carbocycles. The number of amides is 1. The van der Waals surface area contributed by atoms with Crippen LogP contribution in [0.1, 0.15) is 41.0 Å². The molecule has 0 aliphatic heterocycles. The van der Waals surface area contributed by atoms with E-state index in [9.17, 15) is 17.6 Å². The molecule has 1 amide bonds. The van der Waals surface area contributed by atoms with E-state index >= 15 is 0 Å². The zero-order valence-corrected chi connectivity index (χ0v) is 15.5. The fourth-order valence-electron chi connectivity index (χ4n) is 2.09. The molecule has 0 heterocycles. The molecule has 1 aromatic carbocycles. The van der Waals surface area contributed by atoms with E-state index in [1.807, 2.05) is 13.8 Å². The fourth-order valence-corrected chi connectivity index (χ4v) is 3.62. The van der Waals surface area contributed by atoms with Crippen molar-refractivity contribution in [2.24, 2.45) is 11.7 Å². The Hall–Kier alpha value is -1.51. The molecule has 0 aliphatic rings. The Kier molecular flexibility index (Phi) is 6.49. The summed E-state index contributed by atoms with van der Waals surface area (Å²) in [6.45, 7) is 8.83. The van der Waals surface area contributed by atoms with Gasteiger partial charge in [0.1, 0.15) is 10.7 Å². The van der Waals surface area contributed by atoms with Gasteiger partial charge in [0.25, 0.3) is 0 Å². The van der Waals surface area contributed by atoms with Crippen LogP contribution in [-0.4, -0.2) is 25.9 Å². The number of sulfonamides is 1. The lowest BCUT2D eigenvalue weighted by Crippen LogP contribution is -2.41. The minimum absolute atomic E-state index is 0.176. The molecular formula is C16H26FN3O3S. The topological polar surface area (TPSA) is 101 Å². The van der Waals surface area contributed by atoms with E-state index in [0.717, 1.165) is 12.1 Å². The number of hydrogen-bond acceptors (Lipinski definition) is 4. The van der Waals surface area contributed by atoms with Gasteiger partial charge in [0.2, 0.25) is 15.9 Å². The van der Waals surface area contributed by atoms with Crippen molar-refractivity contribution in [3.8, 4) is 0 Å². The van der Waals surface area contributed by atoms with Gasteiger partial charge < -0.3 is 11.1 Å². The van der Waals surface area contributed by atoms with E-state index in [4.69, 9.17) is 5.73 Å². The highest BCUT2D eigenvalue weighted by Gasteiger charge is 2.25. The fraction of sp³-hybridized carbons (Fsp3) is 0.562. The Morgan fingerprint density at radius 2 is 1.88 bits per heavy atom. The number of benzene rings is 1. The van der Waals surface area contributed by atoms with E-state index in [1.54, 1.807) is 20.8 Å². The van der Waals surface area contributed by atoms with Gasteiger partial charge in [0, 0.05) is 11.2 Å². The lowest BCUT2D eigenvalue weighted by molar-refractivity contribution is -0.117. The summed E-state index contributed by atoms with van der Waals surface area (Å²) in [5, 5.41) is 2.53. The van der Waals surface area contributed by atoms with Gasteiger partial charge >= 0.3 is 0 Å². The Morgan fingerprint density at radius 3 is 2.38 bits per heavy atom. The lowest BCUT2D eigenvalue weighted by Gasteiger charge is -2.21. The van der Waals surface area contributed by atoms with E-state index < -0.39 is 38.2 Å². The molecule has 24 heavy (non-hydrogen) atoms. The van der Waals surface area contributed by atoms with E-state index in [-0.39, 0.29) is 11.6 Å². The van der Waals surface area contributed by atoms with Gasteiger partial charge in [-0.1, -0.05) is 13.8 Å². The number of hydrogen-bond donors (Lipinski definition) is 3. The maximum Gasteiger partial charge on any atom is 0.244 e. The first-order chi connectivity index (χ1) is 10.8. The molecule has 1 aromatic rings. The van der Waals surface area contributed by atoms with Crippen molar-refractivity contribution in [1.82, 2.24) is 4.72 Å². The lowest BCUT2D eigenvalue weighted by atomic mass is 10.0. The summed E-state index contributed by atoms with van der Waals surface area (Å²) in [4.78, 5) is 11.5. The Labute approximate surface area is 143 Å². The van der Waals surface area contributed by atoms with Crippen LogP contribution in [0.25, 0.3) is 0 Å². The van der Waals surface area contributed by atoms with Gasteiger partial charge in [-0.05, 0) is 51.3 Å². The first kappa shape index (κ1) is 20.5. The summed E-state index contributed by atoms with van der Waals surface area (Å²) >= 11 is 0. The minimum atomic E-state index is -4.05. The monoisotopic (exact) mass is 359 g/mol. The summed E-state index contributed by atoms with van der Waals surface area (Å²) in [7, 11) is -4.05. The first-order valence-electron chi connectivity index (χ1n) is 7.72. The highest BCUT2D eigenvalue weighted by Crippen LogP contribution is 2.21. The molecule has 0 bridgehead atoms. The summed E-state index contributed by atoms with van der Waals surface area (Å²) in [6.07, 6.45) is 0.490. The van der Waals surface area contributed by atoms with Gasteiger partial charge in [-0.15, -0.1) is 0 Å². The van der Waals surface area contributed by atoms with Gasteiger partial charge in [0.15, 0.2) is 0 Å². The summed E-state index contributed by atoms with van der Waals surface area (Å²) < 4.78 is 40.9. The molecule has 4 N–H and O–H groups in total. The summed E-state index contributed by atoms with van der Waals surface area (Å²) in [5.41, 5.74) is 5.20. The van der Waals surface area contributed by atoms with Crippen molar-refractivity contribution in [3.05, 3.63) is 24.0 Å². The second-order valence-electron chi connectivity index (χ2n) is 7.23. The smallest absolute Gasteiger partial charge is 0.244 e. The molecule has 6 nitrogen and oxygen atoms in total. The SMILES string of the molecule is CC(C)C[C@H](N)C(=O)Nc1ccc(F)c(S(=O)(=O)NC(C)(C)C)c1. The minimum Gasteiger partial charge on any atom is -0.325 e. The average Bonchev–Trinajstić information content (AvgIpc) is 2.37. The van der Waals surface area contributed by atoms with Gasteiger partial charge in [-0.3, -0.25) is 4.79 Å². The van der Waals surface area contributed by atoms with E-state index in [1.165, 1.54) is 6.07 Å². The van der Waals surface area contributed by atoms with Crippen LogP contribution in [0.15, 0.2) is 23.1 Å². The Bertz CT molecular complexity index is 697. The maximum atomic E-state index is 14.0. The van der Waals surface area contributed by atoms with Crippen LogP contribution in [-0.2, 0) is 14.8 Å². The highest BCUT2D eigenvalue weighted by atomic mass is 32.2. The van der Waals surface area contributed by atoms with Crippen LogP contribution in [0.5, 0.6) is 0 Å². The number of nitrogens with one attached hydrogen (secondary N) is 2. The molecular weight excluding hydrogens is 333 g/mol. The molecule has 8 heteroatoms. The normalized spacial score (nSPS) is 13.8. The van der Waals surface area contributed by atoms with Gasteiger partial charge in [0.05, 0.1) is 6.04 Å². The van der Waals surface area contributed by atoms with Crippen LogP contribution < -0.4 is 15.8 Å². The standard InChI is InChI=1S/C16H26FN3O3S/c1-10(2)8-13(18)15(21)19-11-6-7-12(17)14(9-11)24(22,23)20-16(3,4)5/h6-7,9-10,13,20H,8,18H2,1-5H3,(H,19,21)/t13-/m0/s1. The van der Waals surface area contributed by atoms with Crippen molar-refractivity contribution < 1.29 is 17.6 Å². The molecule has 0 spiro atoms. The van der Waals surface area contributed by atoms with Crippen molar-refractivity contribution in [2.75, 3.05) is 5.32 Å². The summed E-state index contributed by atoms with van der Waals surface area (Å²) in [6, 6.07) is 2.66. The third-order valence-corrected chi connectivity index (χ3v) is 4.76. The van der Waals surface area contributed by atoms with Crippen LogP contribution >= 0.6 is 0 Å². The van der Waals surface area contributed by atoms with E-state index in [2.05, 4.69) is 10.0 Å². The number of nitrogens with two attached hydrogens (primary N) is 1. The number of halogens is 1. The van der Waals surface area contributed by atoms with Gasteiger partial charge in [-0.25, -0.2) is 17.5 Å². The summed E-state index contributed by atoms with van der Waals surface area (Å²) in [5.74, 6) is -1.09. The van der Waals surface area contributed by atoms with Crippen molar-refractivity contribution in [3.63, 3.8) is 0 Å². The number of rotatable bonds is 6. The molecule has 0 unspecified atom stereocenters. The zero-order valence-electron chi connectivity index (χ0n) is 14.7. The molecule has 0 fully saturated rings. The highest BCUT2D eigenvalue weighted by molar-refractivity contribution is 7.89. The molecule has 0 radical (unpaired) electrons. The van der Waals surface area contributed by atoms with E-state index in [0.29, 0.717) is 6.42 Å². The second kappa shape index (κ2) is 7.58. The predicted octanol–water partition coefficient (Wildman–Crippen LogP) is 2.21. The van der Waals surface area contributed by atoms with Crippen LogP contribution in [0.2, 0.25) is 0 Å². The molecule has 1 atom stereocenters. The zero-order chi connectivity index (χ0) is 18.7. The predicted molar refractivity (Wildman–Crippen MR) is 92.5 cm³/mol. The van der Waals surface area contributed by atoms with Crippen molar-refractivity contribution in [1.29, 1.82) is 0 Å². The number of carbonyl (C=O) groups is 1. The third kappa shape index (κ3) is 6.18. The van der Waals surface area contributed by atoms with Gasteiger partial charge in [-0.2, -0.15) is 0 Å². The molecule has 1 rings (SSSR count). The van der Waals surface area contributed by atoms with Crippen LogP contribution in [0.3, 0.4) is 0 Å². The largest absolute Gasteiger partial charge is 0.325 e. The number of carbonyl (C=O) groups excluding carboxylic acids is 1. The number of anilines is 1. The Morgan fingerprint density at radius 1 is 1.29 bits per heavy atom. The van der Waals surface area contributed by atoms with Crippen molar-refractivity contribution >= 4 is 21.6 Å². The first-order valence-corrected chi connectivity index (χ1v) is 9.20. The second-order valence-corrected chi connectivity index (χ2v) is 8.88. The van der Waals surface area contributed by atoms with Crippen LogP contribution in [0, 0.1) is 11.7 Å². The molecule has 0 aromatic heterocycles. The van der Waals surface area contributed by atoms with Crippen molar-refractivity contribution in [2.45, 2.75) is 57.5 Å². The third-order valence-electron chi connectivity index (χ3n) is 2.99. The molecule has 0 saturated heterocycles. The molecule has 0 aliphatic carbocycles. The quantitative estimate of drug-likeness (QED) is 0.725. The Balaban J connectivity index is 3.04. The average molecular weight is 359 g/mol. The van der Waals surface area contributed by atoms with Crippen LogP contribution in [0.4, 0.5) is 10.1 Å². The maximum absolute atomic E-state index is 14.0. The molecule has 136 valence electrons.